The minimum atomic E-state index is 0.0919. The molecule has 2 nitrogen and oxygen atoms in total. The van der Waals surface area contributed by atoms with Gasteiger partial charge in [0.15, 0.2) is 0 Å². The van der Waals surface area contributed by atoms with E-state index in [-0.39, 0.29) is 12.0 Å². The van der Waals surface area contributed by atoms with Crippen LogP contribution in [0, 0.1) is 0 Å². The molecule has 2 unspecified atom stereocenters. The first-order valence-corrected chi connectivity index (χ1v) is 7.65. The largest absolute Gasteiger partial charge is 0.396 e. The standard InChI is InChI=1S/C13H20ClNOS/c14-12(13-5-3-9-17-13)10-15-7-2-1-4-11(15)6-8-16/h3,5,9,11-12,16H,1-2,4,6-8,10H2. The molecule has 0 radical (unpaired) electrons. The minimum absolute atomic E-state index is 0.0919. The van der Waals surface area contributed by atoms with Gasteiger partial charge in [-0.2, -0.15) is 0 Å². The maximum absolute atomic E-state index is 9.10. The normalized spacial score (nSPS) is 23.8. The molecule has 2 rings (SSSR count). The van der Waals surface area contributed by atoms with Gasteiger partial charge in [-0.25, -0.2) is 0 Å². The lowest BCUT2D eigenvalue weighted by atomic mass is 9.99. The Hall–Kier alpha value is -0.0900. The van der Waals surface area contributed by atoms with Crippen LogP contribution in [0.5, 0.6) is 0 Å². The SMILES string of the molecule is OCCC1CCCCN1CC(Cl)c1cccs1. The highest BCUT2D eigenvalue weighted by Crippen LogP contribution is 2.29. The summed E-state index contributed by atoms with van der Waals surface area (Å²) in [6.07, 6.45) is 4.63. The van der Waals surface area contributed by atoms with Crippen LogP contribution in [0.1, 0.15) is 35.9 Å². The average Bonchev–Trinajstić information content (AvgIpc) is 2.85. The highest BCUT2D eigenvalue weighted by atomic mass is 35.5. The summed E-state index contributed by atoms with van der Waals surface area (Å²) in [5.41, 5.74) is 0. The summed E-state index contributed by atoms with van der Waals surface area (Å²) in [6, 6.07) is 4.68. The van der Waals surface area contributed by atoms with E-state index in [0.717, 1.165) is 19.5 Å². The quantitative estimate of drug-likeness (QED) is 0.833. The summed E-state index contributed by atoms with van der Waals surface area (Å²) >= 11 is 8.18. The lowest BCUT2D eigenvalue weighted by Gasteiger charge is -2.36. The number of rotatable bonds is 5. The molecule has 17 heavy (non-hydrogen) atoms. The van der Waals surface area contributed by atoms with E-state index in [9.17, 15) is 0 Å². The zero-order valence-corrected chi connectivity index (χ0v) is 11.6. The van der Waals surface area contributed by atoms with Crippen LogP contribution in [0.25, 0.3) is 0 Å². The van der Waals surface area contributed by atoms with Crippen molar-refractivity contribution < 1.29 is 5.11 Å². The van der Waals surface area contributed by atoms with Gasteiger partial charge >= 0.3 is 0 Å². The van der Waals surface area contributed by atoms with Crippen molar-refractivity contribution in [1.29, 1.82) is 0 Å². The van der Waals surface area contributed by atoms with Gasteiger partial charge in [0.2, 0.25) is 0 Å². The molecule has 0 amide bonds. The van der Waals surface area contributed by atoms with E-state index in [0.29, 0.717) is 6.04 Å². The molecule has 0 saturated carbocycles. The predicted octanol–water partition coefficient (Wildman–Crippen LogP) is 3.26. The second kappa shape index (κ2) is 6.74. The Morgan fingerprint density at radius 1 is 1.53 bits per heavy atom. The molecule has 0 spiro atoms. The lowest BCUT2D eigenvalue weighted by molar-refractivity contribution is 0.119. The molecule has 1 aliphatic rings. The Bertz CT molecular complexity index is 315. The molecular weight excluding hydrogens is 254 g/mol. The van der Waals surface area contributed by atoms with E-state index >= 15 is 0 Å². The summed E-state index contributed by atoms with van der Waals surface area (Å²) in [4.78, 5) is 3.71. The van der Waals surface area contributed by atoms with E-state index < -0.39 is 0 Å². The van der Waals surface area contributed by atoms with Gasteiger partial charge < -0.3 is 5.11 Å². The fourth-order valence-corrected chi connectivity index (χ4v) is 3.64. The molecule has 1 saturated heterocycles. The van der Waals surface area contributed by atoms with Gasteiger partial charge in [0.05, 0.1) is 5.38 Å². The molecule has 0 aromatic carbocycles. The van der Waals surface area contributed by atoms with E-state index in [1.165, 1.54) is 24.1 Å². The first kappa shape index (κ1) is 13.3. The summed E-state index contributed by atoms with van der Waals surface area (Å²) in [7, 11) is 0. The maximum Gasteiger partial charge on any atom is 0.0805 e. The fourth-order valence-electron chi connectivity index (χ4n) is 2.54. The molecule has 0 aliphatic carbocycles. The third-order valence-corrected chi connectivity index (χ3v) is 4.95. The number of hydrogen-bond acceptors (Lipinski definition) is 3. The molecule has 2 atom stereocenters. The van der Waals surface area contributed by atoms with Crippen molar-refractivity contribution >= 4 is 22.9 Å². The molecule has 4 heteroatoms. The van der Waals surface area contributed by atoms with E-state index in [1.54, 1.807) is 11.3 Å². The van der Waals surface area contributed by atoms with Crippen molar-refractivity contribution in [2.45, 2.75) is 37.1 Å². The van der Waals surface area contributed by atoms with Crippen molar-refractivity contribution in [1.82, 2.24) is 4.90 Å². The number of piperidine rings is 1. The summed E-state index contributed by atoms with van der Waals surface area (Å²) < 4.78 is 0. The number of aliphatic hydroxyl groups is 1. The smallest absolute Gasteiger partial charge is 0.0805 e. The first-order valence-electron chi connectivity index (χ1n) is 6.33. The van der Waals surface area contributed by atoms with Crippen LogP contribution in [-0.2, 0) is 0 Å². The Kier molecular flexibility index (Phi) is 5.29. The monoisotopic (exact) mass is 273 g/mol. The van der Waals surface area contributed by atoms with Crippen LogP contribution in [0.3, 0.4) is 0 Å². The molecule has 1 fully saturated rings. The third-order valence-electron chi connectivity index (χ3n) is 3.46. The number of thiophene rings is 1. The van der Waals surface area contributed by atoms with Crippen LogP contribution in [0.2, 0.25) is 0 Å². The number of aliphatic hydroxyl groups excluding tert-OH is 1. The molecular formula is C13H20ClNOS. The zero-order valence-electron chi connectivity index (χ0n) is 10.0. The van der Waals surface area contributed by atoms with E-state index in [2.05, 4.69) is 22.4 Å². The molecule has 1 N–H and O–H groups in total. The fraction of sp³-hybridized carbons (Fsp3) is 0.692. The van der Waals surface area contributed by atoms with E-state index in [1.807, 2.05) is 0 Å². The van der Waals surface area contributed by atoms with Crippen molar-refractivity contribution in [3.05, 3.63) is 22.4 Å². The van der Waals surface area contributed by atoms with Gasteiger partial charge in [-0.3, -0.25) is 4.90 Å². The maximum atomic E-state index is 9.10. The van der Waals surface area contributed by atoms with Crippen molar-refractivity contribution in [2.24, 2.45) is 0 Å². The van der Waals surface area contributed by atoms with Crippen molar-refractivity contribution in [2.75, 3.05) is 19.7 Å². The molecule has 96 valence electrons. The van der Waals surface area contributed by atoms with Gasteiger partial charge in [-0.1, -0.05) is 12.5 Å². The zero-order chi connectivity index (χ0) is 12.1. The molecule has 1 aliphatic heterocycles. The first-order chi connectivity index (χ1) is 8.31. The second-order valence-electron chi connectivity index (χ2n) is 4.64. The van der Waals surface area contributed by atoms with Crippen molar-refractivity contribution in [3.8, 4) is 0 Å². The summed E-state index contributed by atoms with van der Waals surface area (Å²) in [6.45, 7) is 2.32. The van der Waals surface area contributed by atoms with Gasteiger partial charge in [0, 0.05) is 24.1 Å². The Morgan fingerprint density at radius 3 is 3.12 bits per heavy atom. The summed E-state index contributed by atoms with van der Waals surface area (Å²) in [5, 5.41) is 11.3. The van der Waals surface area contributed by atoms with Crippen LogP contribution in [-0.4, -0.2) is 35.7 Å². The predicted molar refractivity (Wildman–Crippen MR) is 73.8 cm³/mol. The van der Waals surface area contributed by atoms with Crippen molar-refractivity contribution in [3.63, 3.8) is 0 Å². The number of hydrogen-bond donors (Lipinski definition) is 1. The van der Waals surface area contributed by atoms with Gasteiger partial charge in [0.25, 0.3) is 0 Å². The number of nitrogens with zero attached hydrogens (tertiary/aromatic N) is 1. The van der Waals surface area contributed by atoms with Crippen LogP contribution < -0.4 is 0 Å². The topological polar surface area (TPSA) is 23.5 Å². The minimum Gasteiger partial charge on any atom is -0.396 e. The van der Waals surface area contributed by atoms with E-state index in [4.69, 9.17) is 16.7 Å². The van der Waals surface area contributed by atoms with Crippen LogP contribution in [0.4, 0.5) is 0 Å². The highest BCUT2D eigenvalue weighted by Gasteiger charge is 2.24. The van der Waals surface area contributed by atoms with Crippen LogP contribution in [0.15, 0.2) is 17.5 Å². The second-order valence-corrected chi connectivity index (χ2v) is 6.15. The Labute approximate surface area is 112 Å². The Balaban J connectivity index is 1.91. The third kappa shape index (κ3) is 3.68. The molecule has 1 aromatic heterocycles. The molecule has 2 heterocycles. The van der Waals surface area contributed by atoms with Gasteiger partial charge in [-0.15, -0.1) is 22.9 Å². The highest BCUT2D eigenvalue weighted by molar-refractivity contribution is 7.10. The van der Waals surface area contributed by atoms with Gasteiger partial charge in [0.1, 0.15) is 0 Å². The number of likely N-dealkylation sites (tertiary alicyclic amines) is 1. The number of alkyl halides is 1. The number of halogens is 1. The molecule has 0 bridgehead atoms. The average molecular weight is 274 g/mol. The lowest BCUT2D eigenvalue weighted by Crippen LogP contribution is -2.41. The Morgan fingerprint density at radius 2 is 2.41 bits per heavy atom. The van der Waals surface area contributed by atoms with Crippen LogP contribution >= 0.6 is 22.9 Å². The summed E-state index contributed by atoms with van der Waals surface area (Å²) in [5.74, 6) is 0. The molecule has 1 aromatic rings. The van der Waals surface area contributed by atoms with Gasteiger partial charge in [-0.05, 0) is 37.3 Å².